The molecule has 3 aromatic rings. The molecule has 0 aliphatic heterocycles. The Kier molecular flexibility index (Phi) is 3.60. The number of rotatable bonds is 2. The lowest BCUT2D eigenvalue weighted by molar-refractivity contribution is 0.102. The van der Waals surface area contributed by atoms with Gasteiger partial charge in [0.2, 0.25) is 0 Å². The number of halogens is 2. The van der Waals surface area contributed by atoms with Crippen LogP contribution < -0.4 is 11.1 Å². The van der Waals surface area contributed by atoms with E-state index >= 15 is 0 Å². The number of carbonyl (C=O) groups is 1. The summed E-state index contributed by atoms with van der Waals surface area (Å²) in [5, 5.41) is 11.0. The number of aromatic nitrogens is 2. The van der Waals surface area contributed by atoms with E-state index in [-0.39, 0.29) is 22.1 Å². The van der Waals surface area contributed by atoms with Gasteiger partial charge in [0.05, 0.1) is 16.9 Å². The molecular weight excluding hydrogens is 307 g/mol. The van der Waals surface area contributed by atoms with Crippen LogP contribution in [0.25, 0.3) is 10.9 Å². The number of fused-ring (bicyclic) bond motifs is 1. The van der Waals surface area contributed by atoms with Crippen LogP contribution in [0.5, 0.6) is 0 Å². The van der Waals surface area contributed by atoms with Crippen LogP contribution in [0.1, 0.15) is 10.5 Å². The molecule has 7 heteroatoms. The van der Waals surface area contributed by atoms with E-state index in [1.807, 2.05) is 0 Å². The Hall–Kier alpha value is -2.73. The fraction of sp³-hybridized carbons (Fsp3) is 0. The quantitative estimate of drug-likeness (QED) is 0.760. The molecule has 110 valence electrons. The lowest BCUT2D eigenvalue weighted by Gasteiger charge is -2.09. The highest BCUT2D eigenvalue weighted by molar-refractivity contribution is 6.30. The van der Waals surface area contributed by atoms with E-state index in [0.29, 0.717) is 10.9 Å². The van der Waals surface area contributed by atoms with Crippen LogP contribution in [0.3, 0.4) is 0 Å². The molecule has 1 heterocycles. The van der Waals surface area contributed by atoms with E-state index in [4.69, 9.17) is 17.3 Å². The van der Waals surface area contributed by atoms with Crippen molar-refractivity contribution in [2.24, 2.45) is 0 Å². The third-order valence-corrected chi connectivity index (χ3v) is 3.34. The first-order valence-corrected chi connectivity index (χ1v) is 6.71. The van der Waals surface area contributed by atoms with Crippen molar-refractivity contribution in [2.75, 3.05) is 11.1 Å². The number of amides is 1. The Labute approximate surface area is 129 Å². The van der Waals surface area contributed by atoms with Crippen molar-refractivity contribution in [3.05, 3.63) is 59.0 Å². The SMILES string of the molecule is Nc1c(C(=O)Nc2ccc(Cl)cc2F)nnc2ccccc12. The van der Waals surface area contributed by atoms with Crippen LogP contribution in [0.15, 0.2) is 42.5 Å². The molecule has 3 N–H and O–H groups in total. The number of hydrogen-bond acceptors (Lipinski definition) is 4. The van der Waals surface area contributed by atoms with Gasteiger partial charge in [0, 0.05) is 10.4 Å². The molecule has 0 aliphatic rings. The molecule has 1 amide bonds. The van der Waals surface area contributed by atoms with E-state index in [2.05, 4.69) is 15.5 Å². The van der Waals surface area contributed by atoms with Gasteiger partial charge in [0.25, 0.3) is 5.91 Å². The molecule has 0 radical (unpaired) electrons. The minimum absolute atomic E-state index is 0.0104. The Morgan fingerprint density at radius 2 is 1.95 bits per heavy atom. The normalized spacial score (nSPS) is 10.6. The van der Waals surface area contributed by atoms with Crippen molar-refractivity contribution in [3.63, 3.8) is 0 Å². The zero-order chi connectivity index (χ0) is 15.7. The predicted octanol–water partition coefficient (Wildman–Crippen LogP) is 3.26. The van der Waals surface area contributed by atoms with Crippen molar-refractivity contribution in [3.8, 4) is 0 Å². The molecule has 0 saturated carbocycles. The van der Waals surface area contributed by atoms with Gasteiger partial charge >= 0.3 is 0 Å². The average Bonchev–Trinajstić information content (AvgIpc) is 2.50. The minimum atomic E-state index is -0.645. The molecule has 0 bridgehead atoms. The number of carbonyl (C=O) groups excluding carboxylic acids is 1. The van der Waals surface area contributed by atoms with Crippen LogP contribution in [-0.4, -0.2) is 16.1 Å². The highest BCUT2D eigenvalue weighted by Crippen LogP contribution is 2.23. The van der Waals surface area contributed by atoms with E-state index in [9.17, 15) is 9.18 Å². The predicted molar refractivity (Wildman–Crippen MR) is 83.3 cm³/mol. The summed E-state index contributed by atoms with van der Waals surface area (Å²) in [5.41, 5.74) is 6.66. The van der Waals surface area contributed by atoms with E-state index in [0.717, 1.165) is 6.07 Å². The lowest BCUT2D eigenvalue weighted by atomic mass is 10.1. The first-order valence-electron chi connectivity index (χ1n) is 6.33. The summed E-state index contributed by atoms with van der Waals surface area (Å²) in [5.74, 6) is -1.29. The second kappa shape index (κ2) is 5.57. The molecule has 5 nitrogen and oxygen atoms in total. The van der Waals surface area contributed by atoms with E-state index in [1.165, 1.54) is 12.1 Å². The fourth-order valence-corrected chi connectivity index (χ4v) is 2.17. The molecule has 0 unspecified atom stereocenters. The van der Waals surface area contributed by atoms with Gasteiger partial charge < -0.3 is 11.1 Å². The van der Waals surface area contributed by atoms with Crippen molar-refractivity contribution in [2.45, 2.75) is 0 Å². The van der Waals surface area contributed by atoms with Gasteiger partial charge in [-0.25, -0.2) is 4.39 Å². The van der Waals surface area contributed by atoms with Gasteiger partial charge in [0.1, 0.15) is 5.82 Å². The first kappa shape index (κ1) is 14.2. The van der Waals surface area contributed by atoms with Crippen molar-refractivity contribution in [1.82, 2.24) is 10.2 Å². The summed E-state index contributed by atoms with van der Waals surface area (Å²) in [4.78, 5) is 12.2. The van der Waals surface area contributed by atoms with E-state index < -0.39 is 11.7 Å². The molecular formula is C15H10ClFN4O. The molecule has 0 fully saturated rings. The second-order valence-electron chi connectivity index (χ2n) is 4.56. The molecule has 0 atom stereocenters. The number of benzene rings is 2. The summed E-state index contributed by atoms with van der Waals surface area (Å²) >= 11 is 5.67. The molecule has 3 rings (SSSR count). The van der Waals surface area contributed by atoms with Gasteiger partial charge in [-0.15, -0.1) is 10.2 Å². The zero-order valence-corrected chi connectivity index (χ0v) is 11.9. The highest BCUT2D eigenvalue weighted by atomic mass is 35.5. The number of hydrogen-bond donors (Lipinski definition) is 2. The van der Waals surface area contributed by atoms with Gasteiger partial charge in [0.15, 0.2) is 5.69 Å². The second-order valence-corrected chi connectivity index (χ2v) is 4.99. The Bertz CT molecular complexity index is 885. The third kappa shape index (κ3) is 2.56. The van der Waals surface area contributed by atoms with Crippen molar-refractivity contribution < 1.29 is 9.18 Å². The average molecular weight is 317 g/mol. The maximum absolute atomic E-state index is 13.7. The van der Waals surface area contributed by atoms with Crippen molar-refractivity contribution >= 4 is 39.8 Å². The number of nitrogen functional groups attached to an aromatic ring is 1. The van der Waals surface area contributed by atoms with Gasteiger partial charge in [-0.2, -0.15) is 0 Å². The molecule has 0 aliphatic carbocycles. The monoisotopic (exact) mass is 316 g/mol. The van der Waals surface area contributed by atoms with Crippen LogP contribution in [0.4, 0.5) is 15.8 Å². The highest BCUT2D eigenvalue weighted by Gasteiger charge is 2.16. The van der Waals surface area contributed by atoms with Crippen LogP contribution >= 0.6 is 11.6 Å². The summed E-state index contributed by atoms with van der Waals surface area (Å²) < 4.78 is 13.7. The summed E-state index contributed by atoms with van der Waals surface area (Å²) in [6.07, 6.45) is 0. The summed E-state index contributed by atoms with van der Waals surface area (Å²) in [7, 11) is 0. The van der Waals surface area contributed by atoms with Crippen LogP contribution in [0, 0.1) is 5.82 Å². The Morgan fingerprint density at radius 1 is 1.18 bits per heavy atom. The fourth-order valence-electron chi connectivity index (χ4n) is 2.01. The number of nitrogens with one attached hydrogen (secondary N) is 1. The number of nitrogens with zero attached hydrogens (tertiary/aromatic N) is 2. The number of anilines is 2. The zero-order valence-electron chi connectivity index (χ0n) is 11.2. The van der Waals surface area contributed by atoms with Gasteiger partial charge in [-0.05, 0) is 24.3 Å². The topological polar surface area (TPSA) is 80.9 Å². The van der Waals surface area contributed by atoms with E-state index in [1.54, 1.807) is 24.3 Å². The maximum Gasteiger partial charge on any atom is 0.278 e. The van der Waals surface area contributed by atoms with Gasteiger partial charge in [-0.3, -0.25) is 4.79 Å². The minimum Gasteiger partial charge on any atom is -0.396 e. The molecule has 0 saturated heterocycles. The summed E-state index contributed by atoms with van der Waals surface area (Å²) in [6, 6.07) is 11.0. The molecule has 1 aromatic heterocycles. The summed E-state index contributed by atoms with van der Waals surface area (Å²) in [6.45, 7) is 0. The standard InChI is InChI=1S/C15H10ClFN4O/c16-8-5-6-12(10(17)7-8)19-15(22)14-13(18)9-3-1-2-4-11(9)20-21-14/h1-7H,(H2,18,20)(H,19,22). The Balaban J connectivity index is 1.97. The Morgan fingerprint density at radius 3 is 2.73 bits per heavy atom. The van der Waals surface area contributed by atoms with Crippen molar-refractivity contribution in [1.29, 1.82) is 0 Å². The molecule has 22 heavy (non-hydrogen) atoms. The first-order chi connectivity index (χ1) is 10.6. The largest absolute Gasteiger partial charge is 0.396 e. The smallest absolute Gasteiger partial charge is 0.278 e. The van der Waals surface area contributed by atoms with Crippen LogP contribution in [0.2, 0.25) is 5.02 Å². The van der Waals surface area contributed by atoms with Gasteiger partial charge in [-0.1, -0.05) is 29.8 Å². The third-order valence-electron chi connectivity index (χ3n) is 3.10. The lowest BCUT2D eigenvalue weighted by Crippen LogP contribution is -2.17. The maximum atomic E-state index is 13.7. The van der Waals surface area contributed by atoms with Crippen LogP contribution in [-0.2, 0) is 0 Å². The molecule has 2 aromatic carbocycles. The molecule has 0 spiro atoms. The number of nitrogens with two attached hydrogens (primary N) is 1.